The molecule has 0 bridgehead atoms. The zero-order valence-corrected chi connectivity index (χ0v) is 12.4. The summed E-state index contributed by atoms with van der Waals surface area (Å²) in [6.45, 7) is 2.74. The first-order valence-corrected chi connectivity index (χ1v) is 7.61. The number of rotatable bonds is 4. The van der Waals surface area contributed by atoms with E-state index in [0.717, 1.165) is 24.9 Å². The van der Waals surface area contributed by atoms with Crippen molar-refractivity contribution in [2.45, 2.75) is 45.2 Å². The van der Waals surface area contributed by atoms with Crippen molar-refractivity contribution in [3.8, 4) is 0 Å². The van der Waals surface area contributed by atoms with E-state index in [2.05, 4.69) is 22.4 Å². The SMILES string of the molecule is CC(Cn1ccnc1)NC(=O)c1ccc2c(c1)CCCC2. The zero-order valence-electron chi connectivity index (χ0n) is 12.4. The van der Waals surface area contributed by atoms with Gasteiger partial charge in [-0.2, -0.15) is 0 Å². The van der Waals surface area contributed by atoms with Gasteiger partial charge in [-0.15, -0.1) is 0 Å². The molecule has 3 rings (SSSR count). The van der Waals surface area contributed by atoms with Crippen LogP contribution in [0.15, 0.2) is 36.9 Å². The fourth-order valence-corrected chi connectivity index (χ4v) is 2.94. The lowest BCUT2D eigenvalue weighted by Gasteiger charge is -2.18. The Morgan fingerprint density at radius 1 is 1.33 bits per heavy atom. The van der Waals surface area contributed by atoms with E-state index in [-0.39, 0.29) is 11.9 Å². The summed E-state index contributed by atoms with van der Waals surface area (Å²) in [6.07, 6.45) is 10.2. The van der Waals surface area contributed by atoms with Crippen LogP contribution in [0.2, 0.25) is 0 Å². The van der Waals surface area contributed by atoms with Gasteiger partial charge < -0.3 is 9.88 Å². The van der Waals surface area contributed by atoms with Crippen LogP contribution in [0.5, 0.6) is 0 Å². The van der Waals surface area contributed by atoms with Crippen molar-refractivity contribution in [1.29, 1.82) is 0 Å². The van der Waals surface area contributed by atoms with E-state index in [0.29, 0.717) is 0 Å². The Morgan fingerprint density at radius 3 is 2.90 bits per heavy atom. The van der Waals surface area contributed by atoms with Crippen molar-refractivity contribution >= 4 is 5.91 Å². The Kier molecular flexibility index (Phi) is 4.04. The van der Waals surface area contributed by atoms with E-state index in [9.17, 15) is 4.79 Å². The molecule has 1 aliphatic carbocycles. The molecule has 2 aromatic rings. The van der Waals surface area contributed by atoms with E-state index in [1.165, 1.54) is 24.0 Å². The summed E-state index contributed by atoms with van der Waals surface area (Å²) >= 11 is 0. The van der Waals surface area contributed by atoms with Crippen molar-refractivity contribution in [2.75, 3.05) is 0 Å². The van der Waals surface area contributed by atoms with E-state index >= 15 is 0 Å². The molecule has 1 unspecified atom stereocenters. The number of amides is 1. The second kappa shape index (κ2) is 6.12. The molecule has 4 heteroatoms. The monoisotopic (exact) mass is 283 g/mol. The molecule has 1 aromatic heterocycles. The number of hydrogen-bond donors (Lipinski definition) is 1. The number of benzene rings is 1. The number of imidazole rings is 1. The van der Waals surface area contributed by atoms with Gasteiger partial charge in [0.05, 0.1) is 6.33 Å². The van der Waals surface area contributed by atoms with Crippen LogP contribution >= 0.6 is 0 Å². The number of nitrogens with zero attached hydrogens (tertiary/aromatic N) is 2. The Labute approximate surface area is 125 Å². The van der Waals surface area contributed by atoms with Gasteiger partial charge in [0, 0.05) is 30.5 Å². The molecule has 110 valence electrons. The Hall–Kier alpha value is -2.10. The smallest absolute Gasteiger partial charge is 0.251 e. The van der Waals surface area contributed by atoms with Crippen LogP contribution in [0.4, 0.5) is 0 Å². The Bertz CT molecular complexity index is 619. The minimum absolute atomic E-state index is 0.0102. The molecule has 1 aliphatic rings. The van der Waals surface area contributed by atoms with E-state index in [4.69, 9.17) is 0 Å². The first-order chi connectivity index (χ1) is 10.2. The number of hydrogen-bond acceptors (Lipinski definition) is 2. The van der Waals surface area contributed by atoms with Crippen molar-refractivity contribution in [1.82, 2.24) is 14.9 Å². The molecule has 0 fully saturated rings. The molecule has 1 amide bonds. The molecular weight excluding hydrogens is 262 g/mol. The molecule has 0 radical (unpaired) electrons. The molecule has 4 nitrogen and oxygen atoms in total. The fraction of sp³-hybridized carbons (Fsp3) is 0.412. The summed E-state index contributed by atoms with van der Waals surface area (Å²) < 4.78 is 1.97. The number of carbonyl (C=O) groups is 1. The summed E-state index contributed by atoms with van der Waals surface area (Å²) in [4.78, 5) is 16.3. The average molecular weight is 283 g/mol. The van der Waals surface area contributed by atoms with Gasteiger partial charge in [0.2, 0.25) is 0 Å². The number of fused-ring (bicyclic) bond motifs is 1. The molecule has 0 aliphatic heterocycles. The fourth-order valence-electron chi connectivity index (χ4n) is 2.94. The maximum Gasteiger partial charge on any atom is 0.251 e. The highest BCUT2D eigenvalue weighted by atomic mass is 16.1. The molecule has 1 atom stereocenters. The van der Waals surface area contributed by atoms with Gasteiger partial charge in [-0.3, -0.25) is 4.79 Å². The summed E-state index contributed by atoms with van der Waals surface area (Å²) in [7, 11) is 0. The summed E-state index contributed by atoms with van der Waals surface area (Å²) in [5.41, 5.74) is 3.52. The number of nitrogens with one attached hydrogen (secondary N) is 1. The molecule has 1 heterocycles. The lowest BCUT2D eigenvalue weighted by Crippen LogP contribution is -2.35. The van der Waals surface area contributed by atoms with E-state index in [1.54, 1.807) is 12.5 Å². The molecule has 0 spiro atoms. The maximum atomic E-state index is 12.3. The highest BCUT2D eigenvalue weighted by Crippen LogP contribution is 2.22. The first kappa shape index (κ1) is 13.9. The molecule has 21 heavy (non-hydrogen) atoms. The van der Waals surface area contributed by atoms with Crippen molar-refractivity contribution in [3.05, 3.63) is 53.6 Å². The van der Waals surface area contributed by atoms with Crippen molar-refractivity contribution in [3.63, 3.8) is 0 Å². The molecule has 1 aromatic carbocycles. The minimum atomic E-state index is 0.0102. The quantitative estimate of drug-likeness (QED) is 0.937. The number of aryl methyl sites for hydroxylation is 2. The standard InChI is InChI=1S/C17H21N3O/c1-13(11-20-9-8-18-12-20)19-17(21)16-7-6-14-4-2-3-5-15(14)10-16/h6-10,12-13H,2-5,11H2,1H3,(H,19,21). The van der Waals surface area contributed by atoms with Crippen LogP contribution in [0, 0.1) is 0 Å². The van der Waals surface area contributed by atoms with Crippen LogP contribution < -0.4 is 5.32 Å². The van der Waals surface area contributed by atoms with Gasteiger partial charge in [-0.25, -0.2) is 4.98 Å². The third kappa shape index (κ3) is 3.32. The lowest BCUT2D eigenvalue weighted by molar-refractivity contribution is 0.0936. The predicted octanol–water partition coefficient (Wildman–Crippen LogP) is 2.58. The van der Waals surface area contributed by atoms with Gasteiger partial charge in [-0.1, -0.05) is 6.07 Å². The van der Waals surface area contributed by atoms with Crippen LogP contribution in [0.3, 0.4) is 0 Å². The minimum Gasteiger partial charge on any atom is -0.348 e. The molecule has 0 saturated heterocycles. The van der Waals surface area contributed by atoms with Gasteiger partial charge >= 0.3 is 0 Å². The van der Waals surface area contributed by atoms with Crippen LogP contribution in [-0.4, -0.2) is 21.5 Å². The highest BCUT2D eigenvalue weighted by Gasteiger charge is 2.14. The van der Waals surface area contributed by atoms with Crippen molar-refractivity contribution in [2.24, 2.45) is 0 Å². The van der Waals surface area contributed by atoms with Gasteiger partial charge in [0.1, 0.15) is 0 Å². The van der Waals surface area contributed by atoms with Gasteiger partial charge in [0.25, 0.3) is 5.91 Å². The second-order valence-electron chi connectivity index (χ2n) is 5.82. The van der Waals surface area contributed by atoms with Crippen molar-refractivity contribution < 1.29 is 4.79 Å². The summed E-state index contributed by atoms with van der Waals surface area (Å²) in [6, 6.07) is 6.20. The Morgan fingerprint density at radius 2 is 2.14 bits per heavy atom. The topological polar surface area (TPSA) is 46.9 Å². The van der Waals surface area contributed by atoms with Crippen LogP contribution in [-0.2, 0) is 19.4 Å². The largest absolute Gasteiger partial charge is 0.348 e. The number of aromatic nitrogens is 2. The number of carbonyl (C=O) groups excluding carboxylic acids is 1. The Balaban J connectivity index is 1.64. The molecule has 0 saturated carbocycles. The van der Waals surface area contributed by atoms with Gasteiger partial charge in [0.15, 0.2) is 0 Å². The van der Waals surface area contributed by atoms with Crippen LogP contribution in [0.25, 0.3) is 0 Å². The van der Waals surface area contributed by atoms with E-state index < -0.39 is 0 Å². The third-order valence-electron chi connectivity index (χ3n) is 4.03. The second-order valence-corrected chi connectivity index (χ2v) is 5.82. The highest BCUT2D eigenvalue weighted by molar-refractivity contribution is 5.94. The summed E-state index contributed by atoms with van der Waals surface area (Å²) in [5, 5.41) is 3.05. The lowest BCUT2D eigenvalue weighted by atomic mass is 9.90. The molecule has 1 N–H and O–H groups in total. The predicted molar refractivity (Wildman–Crippen MR) is 82.2 cm³/mol. The molecular formula is C17H21N3O. The third-order valence-corrected chi connectivity index (χ3v) is 4.03. The van der Waals surface area contributed by atoms with E-state index in [1.807, 2.05) is 23.8 Å². The zero-order chi connectivity index (χ0) is 14.7. The van der Waals surface area contributed by atoms with Crippen LogP contribution in [0.1, 0.15) is 41.3 Å². The first-order valence-electron chi connectivity index (χ1n) is 7.61. The van der Waals surface area contributed by atoms with Gasteiger partial charge in [-0.05, 0) is 55.9 Å². The average Bonchev–Trinajstić information content (AvgIpc) is 2.99. The normalized spacial score (nSPS) is 15.3. The summed E-state index contributed by atoms with van der Waals surface area (Å²) in [5.74, 6) is 0.0102. The maximum absolute atomic E-state index is 12.3.